The van der Waals surface area contributed by atoms with Gasteiger partial charge in [0, 0.05) is 12.2 Å². The van der Waals surface area contributed by atoms with Crippen LogP contribution in [0.4, 0.5) is 10.5 Å². The number of urea groups is 1. The van der Waals surface area contributed by atoms with Gasteiger partial charge in [0.15, 0.2) is 0 Å². The van der Waals surface area contributed by atoms with Crippen molar-refractivity contribution >= 4 is 23.5 Å². The second-order valence-electron chi connectivity index (χ2n) is 8.68. The summed E-state index contributed by atoms with van der Waals surface area (Å²) in [6.07, 6.45) is 5.07. The Bertz CT molecular complexity index is 1030. The largest absolute Gasteiger partial charge is 0.335 e. The normalized spacial score (nSPS) is 26.8. The molecule has 6 heteroatoms. The zero-order valence-electron chi connectivity index (χ0n) is 17.3. The van der Waals surface area contributed by atoms with Gasteiger partial charge in [0.2, 0.25) is 11.8 Å². The molecule has 1 saturated carbocycles. The van der Waals surface area contributed by atoms with E-state index < -0.39 is 6.04 Å². The highest BCUT2D eigenvalue weighted by Gasteiger charge is 2.60. The average molecular weight is 415 g/mol. The summed E-state index contributed by atoms with van der Waals surface area (Å²) >= 11 is 0. The van der Waals surface area contributed by atoms with Gasteiger partial charge in [0.1, 0.15) is 0 Å². The van der Waals surface area contributed by atoms with Crippen LogP contribution < -0.4 is 10.6 Å². The fourth-order valence-electron chi connectivity index (χ4n) is 5.35. The minimum absolute atomic E-state index is 0.110. The van der Waals surface area contributed by atoms with Gasteiger partial charge in [0.05, 0.1) is 17.9 Å². The van der Waals surface area contributed by atoms with Gasteiger partial charge in [-0.3, -0.25) is 14.5 Å². The molecule has 1 aliphatic heterocycles. The highest BCUT2D eigenvalue weighted by molar-refractivity contribution is 6.07. The molecule has 6 nitrogen and oxygen atoms in total. The first-order valence-corrected chi connectivity index (χ1v) is 10.7. The lowest BCUT2D eigenvalue weighted by atomic mass is 9.85. The molecule has 1 saturated heterocycles. The third-order valence-electron chi connectivity index (χ3n) is 6.73. The number of fused-ring (bicyclic) bond motifs is 5. The summed E-state index contributed by atoms with van der Waals surface area (Å²) in [4.78, 5) is 40.6. The number of aryl methyl sites for hydroxylation is 1. The summed E-state index contributed by atoms with van der Waals surface area (Å²) in [5.41, 5.74) is 2.57. The van der Waals surface area contributed by atoms with Crippen LogP contribution in [0.2, 0.25) is 0 Å². The Balaban J connectivity index is 1.35. The SMILES string of the molecule is Cc1cccc(NC(=O)NCC(c2ccccc2)N2C(=O)C3C4C=CC(C4)C3C2=O)c1. The van der Waals surface area contributed by atoms with Gasteiger partial charge in [-0.1, -0.05) is 54.6 Å². The van der Waals surface area contributed by atoms with E-state index in [1.54, 1.807) is 0 Å². The van der Waals surface area contributed by atoms with Crippen LogP contribution in [0.25, 0.3) is 0 Å². The van der Waals surface area contributed by atoms with Crippen LogP contribution in [0.15, 0.2) is 66.7 Å². The van der Waals surface area contributed by atoms with E-state index in [9.17, 15) is 14.4 Å². The minimum atomic E-state index is -0.533. The van der Waals surface area contributed by atoms with E-state index in [1.165, 1.54) is 4.90 Å². The molecule has 2 bridgehead atoms. The van der Waals surface area contributed by atoms with Crippen molar-refractivity contribution in [2.75, 3.05) is 11.9 Å². The van der Waals surface area contributed by atoms with Crippen LogP contribution in [-0.2, 0) is 9.59 Å². The molecule has 2 aliphatic carbocycles. The van der Waals surface area contributed by atoms with E-state index in [0.717, 1.165) is 17.5 Å². The molecule has 0 aromatic heterocycles. The van der Waals surface area contributed by atoms with Crippen molar-refractivity contribution in [3.05, 3.63) is 77.9 Å². The van der Waals surface area contributed by atoms with Crippen molar-refractivity contribution in [3.63, 3.8) is 0 Å². The van der Waals surface area contributed by atoms with Crippen LogP contribution in [0.5, 0.6) is 0 Å². The highest BCUT2D eigenvalue weighted by atomic mass is 16.2. The van der Waals surface area contributed by atoms with Crippen molar-refractivity contribution < 1.29 is 14.4 Å². The fourth-order valence-corrected chi connectivity index (χ4v) is 5.35. The smallest absolute Gasteiger partial charge is 0.319 e. The predicted octanol–water partition coefficient (Wildman–Crippen LogP) is 3.66. The topological polar surface area (TPSA) is 78.5 Å². The summed E-state index contributed by atoms with van der Waals surface area (Å²) in [6, 6.07) is 16.1. The highest BCUT2D eigenvalue weighted by Crippen LogP contribution is 2.53. The Morgan fingerprint density at radius 1 is 1.00 bits per heavy atom. The molecule has 1 heterocycles. The van der Waals surface area contributed by atoms with Crippen LogP contribution >= 0.6 is 0 Å². The first-order valence-electron chi connectivity index (χ1n) is 10.7. The summed E-state index contributed by atoms with van der Waals surface area (Å²) in [7, 11) is 0. The molecule has 158 valence electrons. The number of hydrogen-bond donors (Lipinski definition) is 2. The predicted molar refractivity (Wildman–Crippen MR) is 117 cm³/mol. The number of likely N-dealkylation sites (tertiary alicyclic amines) is 1. The average Bonchev–Trinajstić information content (AvgIpc) is 3.44. The van der Waals surface area contributed by atoms with Gasteiger partial charge in [-0.25, -0.2) is 4.79 Å². The third kappa shape index (κ3) is 3.42. The van der Waals surface area contributed by atoms with Crippen molar-refractivity contribution in [2.24, 2.45) is 23.7 Å². The van der Waals surface area contributed by atoms with Crippen molar-refractivity contribution in [1.29, 1.82) is 0 Å². The third-order valence-corrected chi connectivity index (χ3v) is 6.73. The summed E-state index contributed by atoms with van der Waals surface area (Å²) in [5.74, 6) is -0.413. The van der Waals surface area contributed by atoms with Crippen LogP contribution in [0, 0.1) is 30.6 Å². The molecule has 2 fully saturated rings. The molecule has 5 rings (SSSR count). The van der Waals surface area contributed by atoms with E-state index in [1.807, 2.05) is 61.5 Å². The lowest BCUT2D eigenvalue weighted by Gasteiger charge is -2.28. The summed E-state index contributed by atoms with van der Waals surface area (Å²) in [5, 5.41) is 5.68. The zero-order chi connectivity index (χ0) is 21.5. The second-order valence-corrected chi connectivity index (χ2v) is 8.68. The number of carbonyl (C=O) groups is 3. The number of carbonyl (C=O) groups excluding carboxylic acids is 3. The number of imide groups is 1. The minimum Gasteiger partial charge on any atom is -0.335 e. The van der Waals surface area contributed by atoms with Gasteiger partial charge in [-0.2, -0.15) is 0 Å². The molecule has 0 spiro atoms. The molecule has 4 amide bonds. The number of anilines is 1. The molecule has 5 atom stereocenters. The van der Waals surface area contributed by atoms with Gasteiger partial charge in [-0.15, -0.1) is 0 Å². The number of nitrogens with zero attached hydrogens (tertiary/aromatic N) is 1. The van der Waals surface area contributed by atoms with E-state index >= 15 is 0 Å². The van der Waals surface area contributed by atoms with E-state index in [-0.39, 0.29) is 48.1 Å². The van der Waals surface area contributed by atoms with Crippen LogP contribution in [0.1, 0.15) is 23.6 Å². The fraction of sp³-hybridized carbons (Fsp3) is 0.320. The maximum absolute atomic E-state index is 13.3. The number of hydrogen-bond acceptors (Lipinski definition) is 3. The molecule has 3 aliphatic rings. The standard InChI is InChI=1S/C25H25N3O3/c1-15-6-5-9-19(12-15)27-25(31)26-14-20(16-7-3-2-4-8-16)28-23(29)21-17-10-11-18(13-17)22(21)24(28)30/h2-12,17-18,20-22H,13-14H2,1H3,(H2,26,27,31). The molecule has 2 aromatic carbocycles. The molecule has 31 heavy (non-hydrogen) atoms. The molecule has 0 radical (unpaired) electrons. The first kappa shape index (κ1) is 19.5. The number of benzene rings is 2. The molecule has 5 unspecified atom stereocenters. The molecule has 2 aromatic rings. The van der Waals surface area contributed by atoms with E-state index in [2.05, 4.69) is 22.8 Å². The van der Waals surface area contributed by atoms with E-state index in [4.69, 9.17) is 0 Å². The lowest BCUT2D eigenvalue weighted by Crippen LogP contribution is -2.43. The number of nitrogens with one attached hydrogen (secondary N) is 2. The van der Waals surface area contributed by atoms with Crippen molar-refractivity contribution in [1.82, 2.24) is 10.2 Å². The number of rotatable bonds is 5. The molecule has 2 N–H and O–H groups in total. The van der Waals surface area contributed by atoms with Crippen molar-refractivity contribution in [3.8, 4) is 0 Å². The summed E-state index contributed by atoms with van der Waals surface area (Å²) in [6.45, 7) is 2.11. The number of amides is 4. The molecular formula is C25H25N3O3. The Labute approximate surface area is 181 Å². The first-order chi connectivity index (χ1) is 15.0. The van der Waals surface area contributed by atoms with Gasteiger partial charge < -0.3 is 10.6 Å². The quantitative estimate of drug-likeness (QED) is 0.578. The maximum atomic E-state index is 13.3. The Kier molecular flexibility index (Phi) is 4.85. The monoisotopic (exact) mass is 415 g/mol. The lowest BCUT2D eigenvalue weighted by molar-refractivity contribution is -0.143. The van der Waals surface area contributed by atoms with Gasteiger partial charge >= 0.3 is 6.03 Å². The van der Waals surface area contributed by atoms with Gasteiger partial charge in [-0.05, 0) is 48.4 Å². The van der Waals surface area contributed by atoms with Crippen LogP contribution in [-0.4, -0.2) is 29.3 Å². The second kappa shape index (κ2) is 7.69. The Morgan fingerprint density at radius 3 is 2.32 bits per heavy atom. The van der Waals surface area contributed by atoms with E-state index in [0.29, 0.717) is 5.69 Å². The number of allylic oxidation sites excluding steroid dienone is 2. The molecular weight excluding hydrogens is 390 g/mol. The Morgan fingerprint density at radius 2 is 1.68 bits per heavy atom. The van der Waals surface area contributed by atoms with Gasteiger partial charge in [0.25, 0.3) is 0 Å². The van der Waals surface area contributed by atoms with Crippen LogP contribution in [0.3, 0.4) is 0 Å². The summed E-state index contributed by atoms with van der Waals surface area (Å²) < 4.78 is 0. The Hall–Kier alpha value is -3.41. The zero-order valence-corrected chi connectivity index (χ0v) is 17.3. The van der Waals surface area contributed by atoms with Crippen molar-refractivity contribution in [2.45, 2.75) is 19.4 Å². The maximum Gasteiger partial charge on any atom is 0.319 e.